The molecule has 2 aromatic carbocycles. The van der Waals surface area contributed by atoms with Gasteiger partial charge < -0.3 is 0 Å². The molecule has 0 aliphatic carbocycles. The molecule has 21 heavy (non-hydrogen) atoms. The van der Waals surface area contributed by atoms with E-state index in [0.717, 1.165) is 5.39 Å². The molecule has 0 saturated carbocycles. The molecule has 0 atom stereocenters. The van der Waals surface area contributed by atoms with Crippen LogP contribution in [0.15, 0.2) is 59.5 Å². The first-order valence-electron chi connectivity index (χ1n) is 6.39. The lowest BCUT2D eigenvalue weighted by Crippen LogP contribution is -2.26. The summed E-state index contributed by atoms with van der Waals surface area (Å²) in [5, 5.41) is 5.92. The van der Waals surface area contributed by atoms with Crippen LogP contribution in [0.1, 0.15) is 10.4 Å². The van der Waals surface area contributed by atoms with E-state index >= 15 is 0 Å². The van der Waals surface area contributed by atoms with Crippen LogP contribution in [0.3, 0.4) is 0 Å². The fourth-order valence-corrected chi connectivity index (χ4v) is 2.23. The van der Waals surface area contributed by atoms with E-state index in [1.807, 2.05) is 12.1 Å². The Morgan fingerprint density at radius 2 is 1.81 bits per heavy atom. The molecule has 0 unspecified atom stereocenters. The van der Waals surface area contributed by atoms with E-state index in [1.54, 1.807) is 42.6 Å². The summed E-state index contributed by atoms with van der Waals surface area (Å²) in [6.07, 6.45) is 1.59. The minimum Gasteiger partial charge on any atom is -0.292 e. The summed E-state index contributed by atoms with van der Waals surface area (Å²) in [5.41, 5.74) is 0.233. The third-order valence-electron chi connectivity index (χ3n) is 3.22. The zero-order valence-electron chi connectivity index (χ0n) is 11.0. The average molecular weight is 299 g/mol. The maximum absolute atomic E-state index is 12.3. The normalized spacial score (nSPS) is 10.7. The number of nitrogens with zero attached hydrogens (tertiary/aromatic N) is 2. The Morgan fingerprint density at radius 3 is 2.57 bits per heavy atom. The van der Waals surface area contributed by atoms with E-state index in [9.17, 15) is 9.59 Å². The van der Waals surface area contributed by atoms with E-state index in [4.69, 9.17) is 11.6 Å². The summed E-state index contributed by atoms with van der Waals surface area (Å²) in [7, 11) is 0. The summed E-state index contributed by atoms with van der Waals surface area (Å²) in [4.78, 5) is 24.4. The standard InChI is InChI=1S/C16H11ClN2O2/c17-13-7-5-11(6-8-13)15(20)10-19-16(21)14-4-2-1-3-12(14)9-18-19/h1-9H,10H2. The lowest BCUT2D eigenvalue weighted by Gasteiger charge is -2.05. The van der Waals surface area contributed by atoms with E-state index in [-0.39, 0.29) is 17.9 Å². The second kappa shape index (κ2) is 5.50. The number of Topliss-reactive ketones (excluding diaryl/α,β-unsaturated/α-hetero) is 1. The molecule has 0 spiro atoms. The van der Waals surface area contributed by atoms with Crippen molar-refractivity contribution < 1.29 is 4.79 Å². The highest BCUT2D eigenvalue weighted by Gasteiger charge is 2.10. The molecule has 5 heteroatoms. The smallest absolute Gasteiger partial charge is 0.275 e. The molecule has 0 fully saturated rings. The van der Waals surface area contributed by atoms with Crippen LogP contribution in [0, 0.1) is 0 Å². The van der Waals surface area contributed by atoms with Crippen molar-refractivity contribution in [3.63, 3.8) is 0 Å². The van der Waals surface area contributed by atoms with E-state index < -0.39 is 0 Å². The number of hydrogen-bond acceptors (Lipinski definition) is 3. The number of fused-ring (bicyclic) bond motifs is 1. The average Bonchev–Trinajstić information content (AvgIpc) is 2.51. The van der Waals surface area contributed by atoms with Gasteiger partial charge in [0, 0.05) is 16.0 Å². The molecule has 0 radical (unpaired) electrons. The fourth-order valence-electron chi connectivity index (χ4n) is 2.10. The molecular formula is C16H11ClN2O2. The van der Waals surface area contributed by atoms with Gasteiger partial charge in [-0.1, -0.05) is 29.8 Å². The number of ketones is 1. The molecule has 0 aliphatic rings. The SMILES string of the molecule is O=C(Cn1ncc2ccccc2c1=O)c1ccc(Cl)cc1. The third-order valence-corrected chi connectivity index (χ3v) is 3.47. The largest absolute Gasteiger partial charge is 0.292 e. The van der Waals surface area contributed by atoms with Crippen LogP contribution in [-0.2, 0) is 6.54 Å². The third kappa shape index (κ3) is 2.71. The Morgan fingerprint density at radius 1 is 1.10 bits per heavy atom. The first-order chi connectivity index (χ1) is 10.1. The number of aromatic nitrogens is 2. The second-order valence-electron chi connectivity index (χ2n) is 4.62. The number of carbonyl (C=O) groups is 1. The molecule has 0 aliphatic heterocycles. The number of rotatable bonds is 3. The van der Waals surface area contributed by atoms with Gasteiger partial charge in [-0.05, 0) is 30.3 Å². The molecule has 0 saturated heterocycles. The van der Waals surface area contributed by atoms with Gasteiger partial charge in [0.2, 0.25) is 0 Å². The maximum Gasteiger partial charge on any atom is 0.275 e. The molecule has 0 amide bonds. The highest BCUT2D eigenvalue weighted by Crippen LogP contribution is 2.11. The highest BCUT2D eigenvalue weighted by atomic mass is 35.5. The molecule has 3 aromatic rings. The van der Waals surface area contributed by atoms with Crippen LogP contribution in [0.2, 0.25) is 5.02 Å². The Balaban J connectivity index is 1.95. The van der Waals surface area contributed by atoms with E-state index in [2.05, 4.69) is 5.10 Å². The number of carbonyl (C=O) groups excluding carboxylic acids is 1. The quantitative estimate of drug-likeness (QED) is 0.699. The van der Waals surface area contributed by atoms with Crippen molar-refractivity contribution in [1.82, 2.24) is 9.78 Å². The van der Waals surface area contributed by atoms with Gasteiger partial charge in [-0.2, -0.15) is 5.10 Å². The Bertz CT molecular complexity index is 869. The van der Waals surface area contributed by atoms with Gasteiger partial charge in [0.25, 0.3) is 5.56 Å². The van der Waals surface area contributed by atoms with E-state index in [0.29, 0.717) is 16.0 Å². The molecule has 1 aromatic heterocycles. The van der Waals surface area contributed by atoms with Crippen LogP contribution in [0.5, 0.6) is 0 Å². The Labute approximate surface area is 125 Å². The van der Waals surface area contributed by atoms with Crippen molar-refractivity contribution in [2.75, 3.05) is 0 Å². The van der Waals surface area contributed by atoms with Crippen LogP contribution < -0.4 is 5.56 Å². The maximum atomic E-state index is 12.3. The van der Waals surface area contributed by atoms with Crippen molar-refractivity contribution in [3.05, 3.63) is 75.7 Å². The van der Waals surface area contributed by atoms with Gasteiger partial charge in [-0.3, -0.25) is 9.59 Å². The van der Waals surface area contributed by atoms with Gasteiger partial charge in [0.05, 0.1) is 11.6 Å². The minimum absolute atomic E-state index is 0.0920. The van der Waals surface area contributed by atoms with Crippen LogP contribution in [0.4, 0.5) is 0 Å². The number of halogens is 1. The summed E-state index contributed by atoms with van der Waals surface area (Å²) in [5.74, 6) is -0.184. The molecule has 1 heterocycles. The van der Waals surface area contributed by atoms with Crippen LogP contribution in [0.25, 0.3) is 10.8 Å². The first-order valence-corrected chi connectivity index (χ1v) is 6.76. The number of benzene rings is 2. The van der Waals surface area contributed by atoms with Crippen molar-refractivity contribution in [1.29, 1.82) is 0 Å². The molecule has 3 rings (SSSR count). The van der Waals surface area contributed by atoms with Crippen molar-refractivity contribution in [3.8, 4) is 0 Å². The number of hydrogen-bond donors (Lipinski definition) is 0. The summed E-state index contributed by atoms with van der Waals surface area (Å²) in [6.45, 7) is -0.0920. The topological polar surface area (TPSA) is 52.0 Å². The summed E-state index contributed by atoms with van der Waals surface area (Å²) in [6, 6.07) is 13.7. The van der Waals surface area contributed by atoms with Gasteiger partial charge >= 0.3 is 0 Å². The molecule has 0 bridgehead atoms. The summed E-state index contributed by atoms with van der Waals surface area (Å²) >= 11 is 5.79. The predicted octanol–water partition coefficient (Wildman–Crippen LogP) is 2.93. The van der Waals surface area contributed by atoms with Crippen molar-refractivity contribution in [2.45, 2.75) is 6.54 Å². The zero-order valence-corrected chi connectivity index (χ0v) is 11.7. The lowest BCUT2D eigenvalue weighted by atomic mass is 10.1. The van der Waals surface area contributed by atoms with Crippen LogP contribution in [-0.4, -0.2) is 15.6 Å². The second-order valence-corrected chi connectivity index (χ2v) is 5.06. The van der Waals surface area contributed by atoms with Gasteiger partial charge in [-0.25, -0.2) is 4.68 Å². The zero-order chi connectivity index (χ0) is 14.8. The van der Waals surface area contributed by atoms with Crippen LogP contribution >= 0.6 is 11.6 Å². The predicted molar refractivity (Wildman–Crippen MR) is 81.8 cm³/mol. The minimum atomic E-state index is -0.268. The van der Waals surface area contributed by atoms with Gasteiger partial charge in [0.1, 0.15) is 6.54 Å². The molecule has 0 N–H and O–H groups in total. The van der Waals surface area contributed by atoms with E-state index in [1.165, 1.54) is 4.68 Å². The fraction of sp³-hybridized carbons (Fsp3) is 0.0625. The molecule has 4 nitrogen and oxygen atoms in total. The van der Waals surface area contributed by atoms with Crippen molar-refractivity contribution in [2.24, 2.45) is 0 Å². The monoisotopic (exact) mass is 298 g/mol. The van der Waals surface area contributed by atoms with Crippen molar-refractivity contribution >= 4 is 28.2 Å². The molecule has 104 valence electrons. The lowest BCUT2D eigenvalue weighted by molar-refractivity contribution is 0.0966. The Hall–Kier alpha value is -2.46. The highest BCUT2D eigenvalue weighted by molar-refractivity contribution is 6.30. The Kier molecular flexibility index (Phi) is 3.54. The van der Waals surface area contributed by atoms with Gasteiger partial charge in [-0.15, -0.1) is 0 Å². The molecular weight excluding hydrogens is 288 g/mol. The summed E-state index contributed by atoms with van der Waals surface area (Å²) < 4.78 is 1.18. The first kappa shape index (κ1) is 13.5. The van der Waals surface area contributed by atoms with Gasteiger partial charge in [0.15, 0.2) is 5.78 Å².